The Labute approximate surface area is 127 Å². The van der Waals surface area contributed by atoms with Crippen LogP contribution in [0.2, 0.25) is 0 Å². The molecule has 22 heavy (non-hydrogen) atoms. The summed E-state index contributed by atoms with van der Waals surface area (Å²) >= 11 is 0. The number of methoxy groups -OCH3 is 1. The fourth-order valence-corrected chi connectivity index (χ4v) is 2.19. The molecular weight excluding hydrogens is 282 g/mol. The lowest BCUT2D eigenvalue weighted by molar-refractivity contribution is 0.174. The Balaban J connectivity index is 1.99. The number of phenolic OH excluding ortho intramolecular Hbond substituents is 1. The number of nitrogens with zero attached hydrogens (tertiary/aromatic N) is 1. The molecule has 110 valence electrons. The van der Waals surface area contributed by atoms with Crippen LogP contribution in [0.3, 0.4) is 0 Å². The maximum absolute atomic E-state index is 9.61. The molecule has 0 radical (unpaired) electrons. The van der Waals surface area contributed by atoms with Crippen molar-refractivity contribution in [1.29, 1.82) is 5.26 Å². The third-order valence-corrected chi connectivity index (χ3v) is 3.32. The molecule has 0 unspecified atom stereocenters. The molecule has 2 aromatic carbocycles. The summed E-state index contributed by atoms with van der Waals surface area (Å²) in [7, 11) is 1.48. The van der Waals surface area contributed by atoms with Gasteiger partial charge in [-0.2, -0.15) is 5.26 Å². The standard InChI is InChI=1S/C17H13NO4/c1-20-16-7-11(2-4-14(16)19)6-13(9-18)12-3-5-15-17(8-12)22-10-21-15/h2-8,19H,10H2,1H3/b13-6+. The minimum atomic E-state index is 0.0567. The summed E-state index contributed by atoms with van der Waals surface area (Å²) in [6.45, 7) is 0.194. The fraction of sp³-hybridized carbons (Fsp3) is 0.118. The van der Waals surface area contributed by atoms with Crippen LogP contribution in [0.4, 0.5) is 0 Å². The van der Waals surface area contributed by atoms with Crippen LogP contribution in [0.1, 0.15) is 11.1 Å². The molecule has 0 aromatic heterocycles. The second-order valence-electron chi connectivity index (χ2n) is 4.67. The first-order valence-electron chi connectivity index (χ1n) is 6.60. The number of allylic oxidation sites excluding steroid dienone is 1. The topological polar surface area (TPSA) is 71.7 Å². The molecule has 5 nitrogen and oxygen atoms in total. The van der Waals surface area contributed by atoms with Crippen molar-refractivity contribution in [2.45, 2.75) is 0 Å². The molecule has 0 atom stereocenters. The predicted octanol–water partition coefficient (Wildman–Crippen LogP) is 3.19. The van der Waals surface area contributed by atoms with E-state index in [0.717, 1.165) is 11.1 Å². The number of phenols is 1. The van der Waals surface area contributed by atoms with Gasteiger partial charge in [-0.05, 0) is 47.5 Å². The van der Waals surface area contributed by atoms with E-state index in [0.29, 0.717) is 22.8 Å². The van der Waals surface area contributed by atoms with E-state index in [-0.39, 0.29) is 12.5 Å². The number of benzene rings is 2. The van der Waals surface area contributed by atoms with E-state index in [4.69, 9.17) is 14.2 Å². The molecule has 0 saturated heterocycles. The summed E-state index contributed by atoms with van der Waals surface area (Å²) in [6, 6.07) is 12.4. The van der Waals surface area contributed by atoms with E-state index in [1.54, 1.807) is 36.4 Å². The van der Waals surface area contributed by atoms with E-state index in [1.165, 1.54) is 13.2 Å². The number of rotatable bonds is 3. The summed E-state index contributed by atoms with van der Waals surface area (Å²) in [6.07, 6.45) is 1.72. The van der Waals surface area contributed by atoms with Gasteiger partial charge in [0.2, 0.25) is 6.79 Å². The predicted molar refractivity (Wildman–Crippen MR) is 80.7 cm³/mol. The van der Waals surface area contributed by atoms with Crippen molar-refractivity contribution in [3.63, 3.8) is 0 Å². The van der Waals surface area contributed by atoms with Crippen molar-refractivity contribution in [3.8, 4) is 29.1 Å². The molecule has 0 saturated carbocycles. The zero-order valence-corrected chi connectivity index (χ0v) is 11.9. The summed E-state index contributed by atoms with van der Waals surface area (Å²) in [5.41, 5.74) is 1.97. The molecule has 2 aromatic rings. The highest BCUT2D eigenvalue weighted by Crippen LogP contribution is 2.35. The van der Waals surface area contributed by atoms with Gasteiger partial charge in [0, 0.05) is 0 Å². The summed E-state index contributed by atoms with van der Waals surface area (Å²) < 4.78 is 15.7. The number of ether oxygens (including phenoxy) is 3. The number of fused-ring (bicyclic) bond motifs is 1. The highest BCUT2D eigenvalue weighted by molar-refractivity contribution is 5.90. The minimum absolute atomic E-state index is 0.0567. The van der Waals surface area contributed by atoms with Gasteiger partial charge in [0.15, 0.2) is 23.0 Å². The van der Waals surface area contributed by atoms with Gasteiger partial charge in [-0.25, -0.2) is 0 Å². The number of hydrogen-bond acceptors (Lipinski definition) is 5. The molecule has 0 bridgehead atoms. The van der Waals surface area contributed by atoms with Crippen LogP contribution < -0.4 is 14.2 Å². The van der Waals surface area contributed by atoms with Crippen molar-refractivity contribution < 1.29 is 19.3 Å². The molecule has 1 heterocycles. The molecule has 1 aliphatic rings. The number of hydrogen-bond donors (Lipinski definition) is 1. The van der Waals surface area contributed by atoms with Crippen LogP contribution in [-0.2, 0) is 0 Å². The van der Waals surface area contributed by atoms with Gasteiger partial charge in [0.25, 0.3) is 0 Å². The molecule has 0 amide bonds. The average molecular weight is 295 g/mol. The molecule has 1 aliphatic heterocycles. The highest BCUT2D eigenvalue weighted by Gasteiger charge is 2.14. The average Bonchev–Trinajstić information content (AvgIpc) is 3.01. The zero-order valence-electron chi connectivity index (χ0n) is 11.9. The smallest absolute Gasteiger partial charge is 0.231 e. The molecule has 1 N–H and O–H groups in total. The van der Waals surface area contributed by atoms with E-state index >= 15 is 0 Å². The zero-order chi connectivity index (χ0) is 15.5. The lowest BCUT2D eigenvalue weighted by Gasteiger charge is -2.05. The second-order valence-corrected chi connectivity index (χ2v) is 4.67. The van der Waals surface area contributed by atoms with E-state index < -0.39 is 0 Å². The SMILES string of the molecule is COc1cc(/C=C(\C#N)c2ccc3c(c2)OCO3)ccc1O. The van der Waals surface area contributed by atoms with Crippen LogP contribution >= 0.6 is 0 Å². The normalized spacial score (nSPS) is 12.8. The van der Waals surface area contributed by atoms with Crippen LogP contribution in [0.25, 0.3) is 11.6 Å². The summed E-state index contributed by atoms with van der Waals surface area (Å²) in [5.74, 6) is 1.72. The van der Waals surface area contributed by atoms with E-state index in [1.807, 2.05) is 0 Å². The lowest BCUT2D eigenvalue weighted by Crippen LogP contribution is -1.92. The summed E-state index contributed by atoms with van der Waals surface area (Å²) in [4.78, 5) is 0. The van der Waals surface area contributed by atoms with Crippen LogP contribution in [-0.4, -0.2) is 19.0 Å². The van der Waals surface area contributed by atoms with Crippen LogP contribution in [0.15, 0.2) is 36.4 Å². The minimum Gasteiger partial charge on any atom is -0.504 e. The molecular formula is C17H13NO4. The van der Waals surface area contributed by atoms with Crippen LogP contribution in [0.5, 0.6) is 23.0 Å². The van der Waals surface area contributed by atoms with Gasteiger partial charge in [-0.15, -0.1) is 0 Å². The first-order chi connectivity index (χ1) is 10.7. The Hall–Kier alpha value is -3.13. The summed E-state index contributed by atoms with van der Waals surface area (Å²) in [5, 5.41) is 19.0. The Morgan fingerprint density at radius 3 is 2.82 bits per heavy atom. The highest BCUT2D eigenvalue weighted by atomic mass is 16.7. The quantitative estimate of drug-likeness (QED) is 0.695. The van der Waals surface area contributed by atoms with Gasteiger partial charge >= 0.3 is 0 Å². The maximum atomic E-state index is 9.61. The first-order valence-corrected chi connectivity index (χ1v) is 6.60. The Bertz CT molecular complexity index is 790. The second kappa shape index (κ2) is 5.70. The van der Waals surface area contributed by atoms with Crippen LogP contribution in [0, 0.1) is 11.3 Å². The van der Waals surface area contributed by atoms with Crippen molar-refractivity contribution in [3.05, 3.63) is 47.5 Å². The third-order valence-electron chi connectivity index (χ3n) is 3.32. The first kappa shape index (κ1) is 13.8. The Morgan fingerprint density at radius 1 is 1.23 bits per heavy atom. The van der Waals surface area contributed by atoms with Crippen molar-refractivity contribution in [1.82, 2.24) is 0 Å². The number of aromatic hydroxyl groups is 1. The van der Waals surface area contributed by atoms with Gasteiger partial charge in [0.1, 0.15) is 0 Å². The maximum Gasteiger partial charge on any atom is 0.231 e. The molecule has 0 fully saturated rings. The van der Waals surface area contributed by atoms with E-state index in [9.17, 15) is 10.4 Å². The molecule has 3 rings (SSSR count). The Kier molecular flexibility index (Phi) is 3.58. The van der Waals surface area contributed by atoms with E-state index in [2.05, 4.69) is 6.07 Å². The largest absolute Gasteiger partial charge is 0.504 e. The third kappa shape index (κ3) is 2.54. The fourth-order valence-electron chi connectivity index (χ4n) is 2.19. The molecule has 0 spiro atoms. The molecule has 5 heteroatoms. The van der Waals surface area contributed by atoms with Crippen molar-refractivity contribution in [2.24, 2.45) is 0 Å². The van der Waals surface area contributed by atoms with Gasteiger partial charge < -0.3 is 19.3 Å². The van der Waals surface area contributed by atoms with Gasteiger partial charge in [-0.1, -0.05) is 6.07 Å². The lowest BCUT2D eigenvalue weighted by atomic mass is 10.0. The monoisotopic (exact) mass is 295 g/mol. The van der Waals surface area contributed by atoms with Gasteiger partial charge in [-0.3, -0.25) is 0 Å². The molecule has 0 aliphatic carbocycles. The number of nitriles is 1. The van der Waals surface area contributed by atoms with Crippen molar-refractivity contribution in [2.75, 3.05) is 13.9 Å². The van der Waals surface area contributed by atoms with Crippen molar-refractivity contribution >= 4 is 11.6 Å². The Morgan fingerprint density at radius 2 is 2.05 bits per heavy atom. The van der Waals surface area contributed by atoms with Gasteiger partial charge in [0.05, 0.1) is 18.8 Å².